The Labute approximate surface area is 106 Å². The normalized spacial score (nSPS) is 13.8. The Hall–Kier alpha value is -0.350. The quantitative estimate of drug-likeness (QED) is 0.897. The number of hydrogen-bond donors (Lipinski definition) is 1. The van der Waals surface area contributed by atoms with Crippen molar-refractivity contribution in [2.45, 2.75) is 52.7 Å². The predicted molar refractivity (Wildman–Crippen MR) is 69.3 cm³/mol. The van der Waals surface area contributed by atoms with Gasteiger partial charge in [0.2, 0.25) is 0 Å². The highest BCUT2D eigenvalue weighted by molar-refractivity contribution is 9.10. The third kappa shape index (κ3) is 2.66. The van der Waals surface area contributed by atoms with Gasteiger partial charge in [-0.3, -0.25) is 4.68 Å². The summed E-state index contributed by atoms with van der Waals surface area (Å²) in [6.45, 7) is 8.37. The summed E-state index contributed by atoms with van der Waals surface area (Å²) in [6.07, 6.45) is 3.29. The lowest BCUT2D eigenvalue weighted by atomic mass is 9.94. The first kappa shape index (κ1) is 13.7. The maximum absolute atomic E-state index is 10.4. The van der Waals surface area contributed by atoms with E-state index in [4.69, 9.17) is 0 Å². The van der Waals surface area contributed by atoms with Gasteiger partial charge in [0.05, 0.1) is 22.5 Å². The third-order valence-electron chi connectivity index (χ3n) is 3.05. The first-order valence-corrected chi connectivity index (χ1v) is 6.73. The summed E-state index contributed by atoms with van der Waals surface area (Å²) in [4.78, 5) is 0. The monoisotopic (exact) mass is 288 g/mol. The maximum atomic E-state index is 10.4. The molecule has 4 heteroatoms. The smallest absolute Gasteiger partial charge is 0.0996 e. The highest BCUT2D eigenvalue weighted by Gasteiger charge is 2.24. The van der Waals surface area contributed by atoms with E-state index in [9.17, 15) is 5.11 Å². The van der Waals surface area contributed by atoms with Crippen LogP contribution in [0.1, 0.15) is 58.4 Å². The Balaban J connectivity index is 3.05. The lowest BCUT2D eigenvalue weighted by Crippen LogP contribution is -2.18. The zero-order valence-electron chi connectivity index (χ0n) is 10.4. The second-order valence-electron chi connectivity index (χ2n) is 4.44. The number of hydrogen-bond acceptors (Lipinski definition) is 2. The van der Waals surface area contributed by atoms with Crippen LogP contribution in [0, 0.1) is 5.92 Å². The van der Waals surface area contributed by atoms with Crippen molar-refractivity contribution in [3.05, 3.63) is 16.4 Å². The van der Waals surface area contributed by atoms with Gasteiger partial charge in [-0.15, -0.1) is 0 Å². The van der Waals surface area contributed by atoms with Crippen LogP contribution < -0.4 is 0 Å². The first-order chi connectivity index (χ1) is 7.52. The van der Waals surface area contributed by atoms with Gasteiger partial charge in [-0.05, 0) is 35.7 Å². The molecule has 1 atom stereocenters. The van der Waals surface area contributed by atoms with Crippen molar-refractivity contribution in [2.24, 2.45) is 5.92 Å². The summed E-state index contributed by atoms with van der Waals surface area (Å²) >= 11 is 3.47. The Morgan fingerprint density at radius 3 is 2.38 bits per heavy atom. The molecule has 0 fully saturated rings. The number of rotatable bonds is 5. The van der Waals surface area contributed by atoms with E-state index in [0.29, 0.717) is 5.92 Å². The minimum Gasteiger partial charge on any atom is -0.386 e. The second kappa shape index (κ2) is 5.82. The molecule has 0 amide bonds. The Kier molecular flexibility index (Phi) is 4.99. The van der Waals surface area contributed by atoms with Gasteiger partial charge in [-0.1, -0.05) is 26.7 Å². The van der Waals surface area contributed by atoms with Crippen molar-refractivity contribution in [2.75, 3.05) is 0 Å². The lowest BCUT2D eigenvalue weighted by Gasteiger charge is -2.23. The molecule has 0 aliphatic heterocycles. The largest absolute Gasteiger partial charge is 0.386 e. The van der Waals surface area contributed by atoms with E-state index in [1.54, 1.807) is 6.20 Å². The van der Waals surface area contributed by atoms with Crippen molar-refractivity contribution in [3.63, 3.8) is 0 Å². The summed E-state index contributed by atoms with van der Waals surface area (Å²) in [5.74, 6) is 0.297. The highest BCUT2D eigenvalue weighted by atomic mass is 79.9. The van der Waals surface area contributed by atoms with E-state index in [0.717, 1.165) is 23.0 Å². The van der Waals surface area contributed by atoms with Crippen LogP contribution in [-0.4, -0.2) is 14.9 Å². The molecule has 1 heterocycles. The average Bonchev–Trinajstić information content (AvgIpc) is 2.61. The molecule has 0 spiro atoms. The van der Waals surface area contributed by atoms with Crippen molar-refractivity contribution in [1.29, 1.82) is 0 Å². The van der Waals surface area contributed by atoms with Crippen molar-refractivity contribution in [1.82, 2.24) is 9.78 Å². The molecule has 1 unspecified atom stereocenters. The standard InChI is InChI=1S/C12H21BrN2O/c1-5-9(6-2)12(16)11-10(13)7-14-15(11)8(3)4/h7-9,12,16H,5-6H2,1-4H3. The molecule has 0 aliphatic rings. The highest BCUT2D eigenvalue weighted by Crippen LogP contribution is 2.33. The average molecular weight is 289 g/mol. The van der Waals surface area contributed by atoms with Crippen LogP contribution in [0.4, 0.5) is 0 Å². The summed E-state index contributed by atoms with van der Waals surface area (Å²) < 4.78 is 2.80. The van der Waals surface area contributed by atoms with Crippen LogP contribution >= 0.6 is 15.9 Å². The third-order valence-corrected chi connectivity index (χ3v) is 3.66. The molecule has 16 heavy (non-hydrogen) atoms. The number of nitrogens with zero attached hydrogens (tertiary/aromatic N) is 2. The van der Waals surface area contributed by atoms with Crippen molar-refractivity contribution < 1.29 is 5.11 Å². The maximum Gasteiger partial charge on any atom is 0.0996 e. The van der Waals surface area contributed by atoms with E-state index >= 15 is 0 Å². The molecule has 0 aromatic carbocycles. The van der Waals surface area contributed by atoms with E-state index in [1.807, 2.05) is 4.68 Å². The van der Waals surface area contributed by atoms with Crippen molar-refractivity contribution in [3.8, 4) is 0 Å². The fourth-order valence-electron chi connectivity index (χ4n) is 2.00. The van der Waals surface area contributed by atoms with Gasteiger partial charge >= 0.3 is 0 Å². The molecule has 1 aromatic rings. The first-order valence-electron chi connectivity index (χ1n) is 5.93. The van der Waals surface area contributed by atoms with Gasteiger partial charge in [-0.2, -0.15) is 5.10 Å². The fourth-order valence-corrected chi connectivity index (χ4v) is 2.51. The molecule has 0 aliphatic carbocycles. The van der Waals surface area contributed by atoms with Crippen LogP contribution in [-0.2, 0) is 0 Å². The molecular weight excluding hydrogens is 268 g/mol. The Morgan fingerprint density at radius 1 is 1.38 bits per heavy atom. The summed E-state index contributed by atoms with van der Waals surface area (Å²) in [6, 6.07) is 0.269. The number of aliphatic hydroxyl groups is 1. The number of halogens is 1. The SMILES string of the molecule is CCC(CC)C(O)c1c(Br)cnn1C(C)C. The zero-order chi connectivity index (χ0) is 12.3. The van der Waals surface area contributed by atoms with Gasteiger partial charge in [0, 0.05) is 6.04 Å². The molecule has 3 nitrogen and oxygen atoms in total. The van der Waals surface area contributed by atoms with Gasteiger partial charge in [0.25, 0.3) is 0 Å². The van der Waals surface area contributed by atoms with Crippen molar-refractivity contribution >= 4 is 15.9 Å². The Bertz CT molecular complexity index is 332. The zero-order valence-corrected chi connectivity index (χ0v) is 12.0. The molecule has 1 N–H and O–H groups in total. The van der Waals surface area contributed by atoms with Gasteiger partial charge in [0.1, 0.15) is 0 Å². The number of aliphatic hydroxyl groups excluding tert-OH is 1. The van der Waals surface area contributed by atoms with E-state index < -0.39 is 6.10 Å². The van der Waals surface area contributed by atoms with E-state index in [1.165, 1.54) is 0 Å². The number of aromatic nitrogens is 2. The van der Waals surface area contributed by atoms with Gasteiger partial charge in [-0.25, -0.2) is 0 Å². The molecule has 0 saturated carbocycles. The summed E-state index contributed by atoms with van der Waals surface area (Å²) in [5.41, 5.74) is 0.906. The van der Waals surface area contributed by atoms with Crippen LogP contribution in [0.3, 0.4) is 0 Å². The molecule has 0 bridgehead atoms. The van der Waals surface area contributed by atoms with Crippen LogP contribution in [0.15, 0.2) is 10.7 Å². The van der Waals surface area contributed by atoms with Crippen LogP contribution in [0.5, 0.6) is 0 Å². The van der Waals surface area contributed by atoms with Crippen LogP contribution in [0.25, 0.3) is 0 Å². The molecule has 0 radical (unpaired) electrons. The Morgan fingerprint density at radius 2 is 1.94 bits per heavy atom. The minimum absolute atomic E-state index is 0.269. The minimum atomic E-state index is -0.436. The summed E-state index contributed by atoms with van der Waals surface area (Å²) in [5, 5.41) is 14.7. The lowest BCUT2D eigenvalue weighted by molar-refractivity contribution is 0.0921. The van der Waals surface area contributed by atoms with E-state index in [2.05, 4.69) is 48.7 Å². The topological polar surface area (TPSA) is 38.1 Å². The molecule has 1 aromatic heterocycles. The van der Waals surface area contributed by atoms with E-state index in [-0.39, 0.29) is 6.04 Å². The predicted octanol–water partition coefficient (Wildman–Crippen LogP) is 3.70. The van der Waals surface area contributed by atoms with Crippen LogP contribution in [0.2, 0.25) is 0 Å². The fraction of sp³-hybridized carbons (Fsp3) is 0.750. The summed E-state index contributed by atoms with van der Waals surface area (Å²) in [7, 11) is 0. The molecule has 0 saturated heterocycles. The van der Waals surface area contributed by atoms with Gasteiger partial charge < -0.3 is 5.11 Å². The van der Waals surface area contributed by atoms with Gasteiger partial charge in [0.15, 0.2) is 0 Å². The molecule has 1 rings (SSSR count). The second-order valence-corrected chi connectivity index (χ2v) is 5.29. The molecule has 92 valence electrons. The molecular formula is C12H21BrN2O.